The Hall–Kier alpha value is -2.27. The molecule has 1 unspecified atom stereocenters. The number of hydrogen-bond donors (Lipinski definition) is 1. The van der Waals surface area contributed by atoms with Crippen LogP contribution in [0.25, 0.3) is 0 Å². The molecule has 0 saturated heterocycles. The second-order valence-corrected chi connectivity index (χ2v) is 5.35. The van der Waals surface area contributed by atoms with E-state index in [1.54, 1.807) is 13.2 Å². The molecule has 0 spiro atoms. The summed E-state index contributed by atoms with van der Waals surface area (Å²) in [7, 11) is 1.59. The Balaban J connectivity index is 1.88. The van der Waals surface area contributed by atoms with Crippen LogP contribution in [0.4, 0.5) is 0 Å². The number of rotatable bonds is 5. The summed E-state index contributed by atoms with van der Waals surface area (Å²) in [5, 5.41) is 9.42. The fourth-order valence-corrected chi connectivity index (χ4v) is 2.72. The van der Waals surface area contributed by atoms with E-state index in [2.05, 4.69) is 11.9 Å². The summed E-state index contributed by atoms with van der Waals surface area (Å²) in [5.41, 5.74) is 1.46. The van der Waals surface area contributed by atoms with Crippen LogP contribution >= 0.6 is 0 Å². The van der Waals surface area contributed by atoms with Gasteiger partial charge in [-0.1, -0.05) is 13.0 Å². The molecule has 116 valence electrons. The summed E-state index contributed by atoms with van der Waals surface area (Å²) in [5.74, 6) is 1.68. The lowest BCUT2D eigenvalue weighted by Crippen LogP contribution is -2.31. The van der Waals surface area contributed by atoms with Crippen molar-refractivity contribution in [2.24, 2.45) is 0 Å². The molecule has 5 heteroatoms. The van der Waals surface area contributed by atoms with E-state index in [9.17, 15) is 5.11 Å². The Bertz CT molecular complexity index is 656. The number of nitrogens with zero attached hydrogens (tertiary/aromatic N) is 1. The van der Waals surface area contributed by atoms with Gasteiger partial charge in [0.05, 0.1) is 11.9 Å². The van der Waals surface area contributed by atoms with Crippen molar-refractivity contribution in [3.63, 3.8) is 0 Å². The molecule has 0 bridgehead atoms. The average molecular weight is 301 g/mol. The van der Waals surface area contributed by atoms with Gasteiger partial charge < -0.3 is 19.3 Å². The third kappa shape index (κ3) is 2.60. The van der Waals surface area contributed by atoms with Gasteiger partial charge in [0.2, 0.25) is 0 Å². The van der Waals surface area contributed by atoms with Crippen LogP contribution in [-0.4, -0.2) is 24.0 Å². The Morgan fingerprint density at radius 1 is 1.32 bits per heavy atom. The first-order chi connectivity index (χ1) is 10.7. The standard InChI is InChI=1S/C17H19NO4/c1-3-17(16-7-5-13(19)10-18-16)9-12-4-6-14(21-11-20-2)8-15(12)22-17/h4-8,10,19H,3,9,11H2,1-2H3. The highest BCUT2D eigenvalue weighted by molar-refractivity contribution is 5.46. The van der Waals surface area contributed by atoms with Crippen LogP contribution in [-0.2, 0) is 16.8 Å². The van der Waals surface area contributed by atoms with Crippen molar-refractivity contribution in [3.05, 3.63) is 47.8 Å². The molecule has 0 saturated carbocycles. The van der Waals surface area contributed by atoms with E-state index in [-0.39, 0.29) is 12.5 Å². The summed E-state index contributed by atoms with van der Waals surface area (Å²) in [4.78, 5) is 4.33. The minimum Gasteiger partial charge on any atom is -0.506 e. The number of pyridine rings is 1. The van der Waals surface area contributed by atoms with Crippen molar-refractivity contribution < 1.29 is 19.3 Å². The van der Waals surface area contributed by atoms with Crippen LogP contribution in [0.1, 0.15) is 24.6 Å². The highest BCUT2D eigenvalue weighted by Crippen LogP contribution is 2.44. The number of fused-ring (bicyclic) bond motifs is 1. The fraction of sp³-hybridized carbons (Fsp3) is 0.353. The summed E-state index contributed by atoms with van der Waals surface area (Å²) >= 11 is 0. The molecule has 0 amide bonds. The first kappa shape index (κ1) is 14.7. The highest BCUT2D eigenvalue weighted by atomic mass is 16.7. The molecule has 0 radical (unpaired) electrons. The molecule has 1 N–H and O–H groups in total. The lowest BCUT2D eigenvalue weighted by Gasteiger charge is -2.26. The van der Waals surface area contributed by atoms with Crippen molar-refractivity contribution in [3.8, 4) is 17.2 Å². The maximum atomic E-state index is 9.42. The zero-order valence-electron chi connectivity index (χ0n) is 12.7. The first-order valence-electron chi connectivity index (χ1n) is 7.26. The van der Waals surface area contributed by atoms with E-state index in [0.717, 1.165) is 29.8 Å². The molecule has 5 nitrogen and oxygen atoms in total. The largest absolute Gasteiger partial charge is 0.506 e. The van der Waals surface area contributed by atoms with Gasteiger partial charge in [-0.05, 0) is 30.2 Å². The van der Waals surface area contributed by atoms with Gasteiger partial charge in [-0.15, -0.1) is 0 Å². The van der Waals surface area contributed by atoms with Crippen molar-refractivity contribution in [2.75, 3.05) is 13.9 Å². The predicted molar refractivity (Wildman–Crippen MR) is 81.1 cm³/mol. The third-order valence-corrected chi connectivity index (χ3v) is 3.95. The highest BCUT2D eigenvalue weighted by Gasteiger charge is 2.40. The van der Waals surface area contributed by atoms with Gasteiger partial charge in [-0.3, -0.25) is 4.98 Å². The molecule has 0 aliphatic carbocycles. The lowest BCUT2D eigenvalue weighted by atomic mass is 9.90. The molecule has 22 heavy (non-hydrogen) atoms. The zero-order valence-corrected chi connectivity index (χ0v) is 12.7. The van der Waals surface area contributed by atoms with Crippen LogP contribution in [0, 0.1) is 0 Å². The van der Waals surface area contributed by atoms with E-state index in [0.29, 0.717) is 5.75 Å². The van der Waals surface area contributed by atoms with E-state index in [4.69, 9.17) is 14.2 Å². The van der Waals surface area contributed by atoms with Gasteiger partial charge in [-0.25, -0.2) is 0 Å². The molecule has 1 atom stereocenters. The molecular weight excluding hydrogens is 282 g/mol. The molecule has 1 aromatic carbocycles. The van der Waals surface area contributed by atoms with Gasteiger partial charge in [-0.2, -0.15) is 0 Å². The second-order valence-electron chi connectivity index (χ2n) is 5.35. The van der Waals surface area contributed by atoms with Crippen molar-refractivity contribution in [1.29, 1.82) is 0 Å². The monoisotopic (exact) mass is 301 g/mol. The molecule has 1 aliphatic rings. The lowest BCUT2D eigenvalue weighted by molar-refractivity contribution is 0.0503. The molecule has 2 heterocycles. The SMILES string of the molecule is CCC1(c2ccc(O)cn2)Cc2ccc(OCOC)cc2O1. The molecular formula is C17H19NO4. The molecule has 2 aromatic rings. The average Bonchev–Trinajstić information content (AvgIpc) is 2.92. The van der Waals surface area contributed by atoms with E-state index < -0.39 is 5.60 Å². The zero-order chi connectivity index (χ0) is 15.6. The fourth-order valence-electron chi connectivity index (χ4n) is 2.72. The van der Waals surface area contributed by atoms with Crippen LogP contribution in [0.5, 0.6) is 17.2 Å². The molecule has 1 aliphatic heterocycles. The van der Waals surface area contributed by atoms with Crippen LogP contribution in [0.15, 0.2) is 36.5 Å². The number of hydrogen-bond acceptors (Lipinski definition) is 5. The smallest absolute Gasteiger partial charge is 0.188 e. The summed E-state index contributed by atoms with van der Waals surface area (Å²) in [6, 6.07) is 9.26. The van der Waals surface area contributed by atoms with Gasteiger partial charge in [0.25, 0.3) is 0 Å². The summed E-state index contributed by atoms with van der Waals surface area (Å²) < 4.78 is 16.6. The summed E-state index contributed by atoms with van der Waals surface area (Å²) in [6.07, 6.45) is 2.99. The van der Waals surface area contributed by atoms with Crippen molar-refractivity contribution in [2.45, 2.75) is 25.4 Å². The minimum atomic E-state index is -0.490. The van der Waals surface area contributed by atoms with E-state index in [1.807, 2.05) is 24.3 Å². The third-order valence-electron chi connectivity index (χ3n) is 3.95. The van der Waals surface area contributed by atoms with Crippen molar-refractivity contribution >= 4 is 0 Å². The maximum Gasteiger partial charge on any atom is 0.188 e. The van der Waals surface area contributed by atoms with Crippen LogP contribution in [0.2, 0.25) is 0 Å². The first-order valence-corrected chi connectivity index (χ1v) is 7.26. The Morgan fingerprint density at radius 3 is 2.86 bits per heavy atom. The van der Waals surface area contributed by atoms with Crippen LogP contribution < -0.4 is 9.47 Å². The quantitative estimate of drug-likeness (QED) is 0.860. The number of methoxy groups -OCH3 is 1. The minimum absolute atomic E-state index is 0.153. The number of benzene rings is 1. The van der Waals surface area contributed by atoms with Gasteiger partial charge >= 0.3 is 0 Å². The predicted octanol–water partition coefficient (Wildman–Crippen LogP) is 3.01. The van der Waals surface area contributed by atoms with Crippen LogP contribution in [0.3, 0.4) is 0 Å². The molecule has 3 rings (SSSR count). The molecule has 0 fully saturated rings. The topological polar surface area (TPSA) is 60.8 Å². The summed E-state index contributed by atoms with van der Waals surface area (Å²) in [6.45, 7) is 2.28. The normalized spacial score (nSPS) is 19.5. The second kappa shape index (κ2) is 5.85. The number of aromatic nitrogens is 1. The van der Waals surface area contributed by atoms with Gasteiger partial charge in [0, 0.05) is 19.6 Å². The molecule has 1 aromatic heterocycles. The Morgan fingerprint density at radius 2 is 2.18 bits per heavy atom. The van der Waals surface area contributed by atoms with E-state index >= 15 is 0 Å². The Labute approximate surface area is 129 Å². The Kier molecular flexibility index (Phi) is 3.90. The number of ether oxygens (including phenoxy) is 3. The maximum absolute atomic E-state index is 9.42. The number of aromatic hydroxyl groups is 1. The van der Waals surface area contributed by atoms with E-state index in [1.165, 1.54) is 6.20 Å². The van der Waals surface area contributed by atoms with Gasteiger partial charge in [0.15, 0.2) is 12.4 Å². The van der Waals surface area contributed by atoms with Gasteiger partial charge in [0.1, 0.15) is 17.2 Å². The van der Waals surface area contributed by atoms with Crippen molar-refractivity contribution in [1.82, 2.24) is 4.98 Å².